The first-order valence-electron chi connectivity index (χ1n) is 16.8. The van der Waals surface area contributed by atoms with Gasteiger partial charge in [-0.05, 0) is 64.7 Å². The average molecular weight is 678 g/mol. The Morgan fingerprint density at radius 3 is 2.18 bits per heavy atom. The number of benzene rings is 3. The topological polar surface area (TPSA) is 123 Å². The molecule has 2 N–H and O–H groups in total. The van der Waals surface area contributed by atoms with Crippen LogP contribution in [0, 0.1) is 0 Å². The number of amides is 1. The number of rotatable bonds is 13. The highest BCUT2D eigenvalue weighted by molar-refractivity contribution is 6.03. The molecule has 0 saturated carbocycles. The van der Waals surface area contributed by atoms with Crippen LogP contribution in [0.2, 0.25) is 0 Å². The molecule has 2 heterocycles. The van der Waals surface area contributed by atoms with Gasteiger partial charge in [0.25, 0.3) is 5.91 Å². The van der Waals surface area contributed by atoms with Crippen molar-refractivity contribution in [1.82, 2.24) is 4.90 Å². The summed E-state index contributed by atoms with van der Waals surface area (Å²) in [4.78, 5) is 19.1. The zero-order valence-corrected chi connectivity index (χ0v) is 30.3. The Balaban J connectivity index is 0.000000225. The molecule has 2 aliphatic heterocycles. The molecule has 0 spiro atoms. The molecular formula is C38H51N3O8. The van der Waals surface area contributed by atoms with Gasteiger partial charge in [-0.1, -0.05) is 20.3 Å². The summed E-state index contributed by atoms with van der Waals surface area (Å²) in [5.74, 6) is 4.47. The van der Waals surface area contributed by atoms with Crippen LogP contribution in [-0.2, 0) is 0 Å². The highest BCUT2D eigenvalue weighted by atomic mass is 16.5. The lowest BCUT2D eigenvalue weighted by atomic mass is 10.0. The summed E-state index contributed by atoms with van der Waals surface area (Å²) >= 11 is 0. The van der Waals surface area contributed by atoms with Gasteiger partial charge in [-0.15, -0.1) is 0 Å². The van der Waals surface area contributed by atoms with Crippen LogP contribution in [-0.4, -0.2) is 69.8 Å². The van der Waals surface area contributed by atoms with Crippen LogP contribution in [0.5, 0.6) is 46.0 Å². The number of nitrogens with two attached hydrogens (primary N) is 1. The van der Waals surface area contributed by atoms with Crippen molar-refractivity contribution < 1.29 is 38.0 Å². The van der Waals surface area contributed by atoms with Crippen molar-refractivity contribution in [3.05, 3.63) is 48.0 Å². The normalized spacial score (nSPS) is 15.6. The molecule has 5 rings (SSSR count). The SMILES string of the molecule is CCC(C)Oc1cc2c(cc1OC)C(=O)N1CCCC1C=N2.CCCC(C)(C)Oc1ccc(N)c(Oc2cc(OC)c(OC)c(OC)c2)c1. The van der Waals surface area contributed by atoms with Gasteiger partial charge < -0.3 is 43.8 Å². The molecule has 11 nitrogen and oxygen atoms in total. The molecule has 1 saturated heterocycles. The van der Waals surface area contributed by atoms with Gasteiger partial charge in [0.05, 0.1) is 57.5 Å². The number of hydrogen-bond donors (Lipinski definition) is 1. The van der Waals surface area contributed by atoms with E-state index in [9.17, 15) is 4.79 Å². The fraction of sp³-hybridized carbons (Fsp3) is 0.474. The number of aliphatic imine (C=N–C) groups is 1. The summed E-state index contributed by atoms with van der Waals surface area (Å²) < 4.78 is 39.5. The molecular weight excluding hydrogens is 626 g/mol. The molecule has 1 fully saturated rings. The molecule has 11 heteroatoms. The van der Waals surface area contributed by atoms with Crippen LogP contribution in [0.4, 0.5) is 11.4 Å². The summed E-state index contributed by atoms with van der Waals surface area (Å²) in [6, 6.07) is 12.5. The Bertz CT molecular complexity index is 1600. The van der Waals surface area contributed by atoms with Gasteiger partial charge >= 0.3 is 0 Å². The van der Waals surface area contributed by atoms with Crippen LogP contribution in [0.25, 0.3) is 0 Å². The van der Waals surface area contributed by atoms with Gasteiger partial charge in [-0.2, -0.15) is 0 Å². The smallest absolute Gasteiger partial charge is 0.256 e. The Morgan fingerprint density at radius 2 is 1.57 bits per heavy atom. The van der Waals surface area contributed by atoms with E-state index in [0.717, 1.165) is 38.6 Å². The van der Waals surface area contributed by atoms with E-state index in [-0.39, 0.29) is 23.7 Å². The van der Waals surface area contributed by atoms with Gasteiger partial charge in [0.2, 0.25) is 5.75 Å². The minimum Gasteiger partial charge on any atom is -0.493 e. The zero-order chi connectivity index (χ0) is 35.7. The van der Waals surface area contributed by atoms with Gasteiger partial charge in [0, 0.05) is 37.0 Å². The molecule has 0 aliphatic carbocycles. The molecule has 3 aromatic rings. The minimum atomic E-state index is -0.269. The monoisotopic (exact) mass is 677 g/mol. The number of fused-ring (bicyclic) bond motifs is 2. The van der Waals surface area contributed by atoms with Crippen molar-refractivity contribution >= 4 is 23.5 Å². The lowest BCUT2D eigenvalue weighted by Gasteiger charge is -2.26. The number of anilines is 1. The summed E-state index contributed by atoms with van der Waals surface area (Å²) in [6.45, 7) is 11.1. The van der Waals surface area contributed by atoms with E-state index in [2.05, 4.69) is 32.7 Å². The molecule has 0 radical (unpaired) electrons. The molecule has 0 bridgehead atoms. The Morgan fingerprint density at radius 1 is 0.898 bits per heavy atom. The van der Waals surface area contributed by atoms with Crippen molar-refractivity contribution in [2.24, 2.45) is 4.99 Å². The minimum absolute atomic E-state index is 0.0309. The maximum Gasteiger partial charge on any atom is 0.256 e. The summed E-state index contributed by atoms with van der Waals surface area (Å²) in [6.07, 6.45) is 6.87. The molecule has 2 aliphatic rings. The van der Waals surface area contributed by atoms with Crippen LogP contribution >= 0.6 is 0 Å². The van der Waals surface area contributed by atoms with Crippen molar-refractivity contribution in [2.75, 3.05) is 40.7 Å². The summed E-state index contributed by atoms with van der Waals surface area (Å²) in [7, 11) is 6.26. The second-order valence-corrected chi connectivity index (χ2v) is 12.6. The largest absolute Gasteiger partial charge is 0.493 e. The van der Waals surface area contributed by atoms with Crippen molar-refractivity contribution in [2.45, 2.75) is 84.5 Å². The molecule has 266 valence electrons. The van der Waals surface area contributed by atoms with Crippen LogP contribution in [0.3, 0.4) is 0 Å². The fourth-order valence-electron chi connectivity index (χ4n) is 5.78. The molecule has 0 aromatic heterocycles. The van der Waals surface area contributed by atoms with E-state index in [0.29, 0.717) is 62.9 Å². The maximum atomic E-state index is 12.7. The highest BCUT2D eigenvalue weighted by Gasteiger charge is 2.32. The first-order chi connectivity index (χ1) is 23.5. The number of carbonyl (C=O) groups excluding carboxylic acids is 1. The zero-order valence-electron chi connectivity index (χ0n) is 30.3. The van der Waals surface area contributed by atoms with Crippen LogP contribution in [0.1, 0.15) is 77.1 Å². The van der Waals surface area contributed by atoms with Gasteiger partial charge in [0.15, 0.2) is 28.7 Å². The molecule has 1 amide bonds. The van der Waals surface area contributed by atoms with E-state index in [1.165, 1.54) is 0 Å². The quantitative estimate of drug-likeness (QED) is 0.178. The molecule has 2 unspecified atom stereocenters. The van der Waals surface area contributed by atoms with Gasteiger partial charge in [-0.25, -0.2) is 0 Å². The molecule has 3 aromatic carbocycles. The highest BCUT2D eigenvalue weighted by Crippen LogP contribution is 2.43. The number of ether oxygens (including phenoxy) is 7. The number of hydrogen-bond acceptors (Lipinski definition) is 10. The van der Waals surface area contributed by atoms with E-state index in [1.807, 2.05) is 30.2 Å². The van der Waals surface area contributed by atoms with Crippen LogP contribution in [0.15, 0.2) is 47.5 Å². The predicted octanol–water partition coefficient (Wildman–Crippen LogP) is 8.24. The average Bonchev–Trinajstić information content (AvgIpc) is 3.52. The molecule has 2 atom stereocenters. The summed E-state index contributed by atoms with van der Waals surface area (Å²) in [5.41, 5.74) is 7.58. The first kappa shape index (κ1) is 37.0. The lowest BCUT2D eigenvalue weighted by Crippen LogP contribution is -2.35. The standard InChI is InChI=1S/C21H29NO5.C17H22N2O3/c1-7-10-21(2,3)27-14-8-9-16(22)17(11-14)26-15-12-18(23-4)20(25-6)19(13-15)24-5;1-4-11(2)22-16-9-14-13(8-15(16)21-3)17(20)19-7-5-6-12(19)10-18-14/h8-9,11-13H,7,10,22H2,1-6H3;8-12H,4-7H2,1-3H3. The third-order valence-corrected chi connectivity index (χ3v) is 8.46. The van der Waals surface area contributed by atoms with Crippen LogP contribution < -0.4 is 38.9 Å². The number of methoxy groups -OCH3 is 4. The maximum absolute atomic E-state index is 12.7. The second-order valence-electron chi connectivity index (χ2n) is 12.6. The molecule has 49 heavy (non-hydrogen) atoms. The van der Waals surface area contributed by atoms with Gasteiger partial charge in [0.1, 0.15) is 17.1 Å². The third kappa shape index (κ3) is 9.01. The van der Waals surface area contributed by atoms with Crippen molar-refractivity contribution in [3.8, 4) is 46.0 Å². The number of carbonyl (C=O) groups is 1. The third-order valence-electron chi connectivity index (χ3n) is 8.46. The number of nitrogen functional groups attached to an aromatic ring is 1. The predicted molar refractivity (Wildman–Crippen MR) is 192 cm³/mol. The Hall–Kier alpha value is -4.80. The number of nitrogens with zero attached hydrogens (tertiary/aromatic N) is 2. The first-order valence-corrected chi connectivity index (χ1v) is 16.8. The van der Waals surface area contributed by atoms with E-state index in [4.69, 9.17) is 38.9 Å². The van der Waals surface area contributed by atoms with E-state index < -0.39 is 0 Å². The van der Waals surface area contributed by atoms with E-state index >= 15 is 0 Å². The van der Waals surface area contributed by atoms with Gasteiger partial charge in [-0.3, -0.25) is 9.79 Å². The van der Waals surface area contributed by atoms with Crippen molar-refractivity contribution in [1.29, 1.82) is 0 Å². The Kier molecular flexibility index (Phi) is 12.5. The Labute approximate surface area is 290 Å². The van der Waals surface area contributed by atoms with E-state index in [1.54, 1.807) is 58.8 Å². The second kappa shape index (κ2) is 16.5. The van der Waals surface area contributed by atoms with Crippen molar-refractivity contribution in [3.63, 3.8) is 0 Å². The lowest BCUT2D eigenvalue weighted by molar-refractivity contribution is 0.0774. The summed E-state index contributed by atoms with van der Waals surface area (Å²) in [5, 5.41) is 0. The fourth-order valence-corrected chi connectivity index (χ4v) is 5.78.